The summed E-state index contributed by atoms with van der Waals surface area (Å²) in [7, 11) is 4.00. The third kappa shape index (κ3) is 3.14. The molecule has 0 bridgehead atoms. The van der Waals surface area contributed by atoms with Gasteiger partial charge in [-0.1, -0.05) is 0 Å². The fraction of sp³-hybridized carbons (Fsp3) is 0.579. The van der Waals surface area contributed by atoms with Crippen molar-refractivity contribution in [2.24, 2.45) is 0 Å². The number of piperidine rings is 1. The molecule has 0 unspecified atom stereocenters. The van der Waals surface area contributed by atoms with E-state index in [-0.39, 0.29) is 0 Å². The third-order valence-corrected chi connectivity index (χ3v) is 5.78. The van der Waals surface area contributed by atoms with Crippen LogP contribution in [-0.4, -0.2) is 68.1 Å². The summed E-state index contributed by atoms with van der Waals surface area (Å²) in [5.74, 6) is 3.34. The van der Waals surface area contributed by atoms with Gasteiger partial charge in [-0.3, -0.25) is 4.90 Å². The summed E-state index contributed by atoms with van der Waals surface area (Å²) in [6.07, 6.45) is 4.15. The SMILES string of the molecule is CN(C)c1ccc2nnc(C3CCN(Cc4cnc5n4CCOC5)CC3)n2n1. The van der Waals surface area contributed by atoms with Gasteiger partial charge in [-0.2, -0.15) is 4.52 Å². The van der Waals surface area contributed by atoms with Crippen molar-refractivity contribution in [1.82, 2.24) is 34.3 Å². The lowest BCUT2D eigenvalue weighted by Crippen LogP contribution is -2.34. The molecule has 1 saturated heterocycles. The molecule has 5 heterocycles. The number of hydrogen-bond donors (Lipinski definition) is 0. The molecule has 3 aromatic rings. The van der Waals surface area contributed by atoms with E-state index >= 15 is 0 Å². The molecule has 2 aliphatic heterocycles. The first-order valence-corrected chi connectivity index (χ1v) is 9.92. The summed E-state index contributed by atoms with van der Waals surface area (Å²) in [4.78, 5) is 9.03. The van der Waals surface area contributed by atoms with Crippen molar-refractivity contribution in [3.05, 3.63) is 35.7 Å². The van der Waals surface area contributed by atoms with Crippen LogP contribution in [0.2, 0.25) is 0 Å². The van der Waals surface area contributed by atoms with E-state index in [1.807, 2.05) is 41.8 Å². The average molecular weight is 382 g/mol. The van der Waals surface area contributed by atoms with E-state index in [1.54, 1.807) is 0 Å². The summed E-state index contributed by atoms with van der Waals surface area (Å²) >= 11 is 0. The van der Waals surface area contributed by atoms with Crippen LogP contribution in [0.3, 0.4) is 0 Å². The molecule has 148 valence electrons. The number of rotatable bonds is 4. The predicted octanol–water partition coefficient (Wildman–Crippen LogP) is 1.30. The van der Waals surface area contributed by atoms with E-state index in [4.69, 9.17) is 9.84 Å². The molecule has 5 rings (SSSR count). The Morgan fingerprint density at radius 2 is 2.00 bits per heavy atom. The van der Waals surface area contributed by atoms with Gasteiger partial charge in [0.1, 0.15) is 18.2 Å². The number of hydrogen-bond acceptors (Lipinski definition) is 7. The van der Waals surface area contributed by atoms with Crippen LogP contribution in [-0.2, 0) is 24.4 Å². The molecule has 0 amide bonds. The number of anilines is 1. The molecule has 1 fully saturated rings. The van der Waals surface area contributed by atoms with Gasteiger partial charge >= 0.3 is 0 Å². The highest BCUT2D eigenvalue weighted by Crippen LogP contribution is 2.28. The van der Waals surface area contributed by atoms with Crippen LogP contribution in [0.15, 0.2) is 18.3 Å². The van der Waals surface area contributed by atoms with Gasteiger partial charge in [0, 0.05) is 39.3 Å². The highest BCUT2D eigenvalue weighted by Gasteiger charge is 2.26. The van der Waals surface area contributed by atoms with Crippen molar-refractivity contribution in [3.63, 3.8) is 0 Å². The lowest BCUT2D eigenvalue weighted by molar-refractivity contribution is 0.0792. The van der Waals surface area contributed by atoms with E-state index in [0.717, 1.165) is 68.7 Å². The number of imidazole rings is 1. The molecule has 28 heavy (non-hydrogen) atoms. The van der Waals surface area contributed by atoms with Crippen LogP contribution in [0.25, 0.3) is 5.65 Å². The Hall–Kier alpha value is -2.52. The van der Waals surface area contributed by atoms with Gasteiger partial charge in [-0.15, -0.1) is 15.3 Å². The van der Waals surface area contributed by atoms with Gasteiger partial charge in [-0.05, 0) is 38.1 Å². The smallest absolute Gasteiger partial charge is 0.178 e. The number of likely N-dealkylation sites (tertiary alicyclic amines) is 1. The number of aromatic nitrogens is 6. The van der Waals surface area contributed by atoms with Crippen molar-refractivity contribution in [1.29, 1.82) is 0 Å². The topological polar surface area (TPSA) is 76.6 Å². The van der Waals surface area contributed by atoms with Crippen molar-refractivity contribution in [2.45, 2.75) is 38.5 Å². The minimum absolute atomic E-state index is 0.393. The van der Waals surface area contributed by atoms with Gasteiger partial charge in [0.2, 0.25) is 0 Å². The summed E-state index contributed by atoms with van der Waals surface area (Å²) in [6.45, 7) is 5.36. The van der Waals surface area contributed by atoms with Crippen LogP contribution < -0.4 is 4.90 Å². The van der Waals surface area contributed by atoms with Gasteiger partial charge in [0.15, 0.2) is 11.5 Å². The lowest BCUT2D eigenvalue weighted by Gasteiger charge is -2.31. The third-order valence-electron chi connectivity index (χ3n) is 5.78. The summed E-state index contributed by atoms with van der Waals surface area (Å²) in [5.41, 5.74) is 2.11. The Morgan fingerprint density at radius 1 is 1.14 bits per heavy atom. The van der Waals surface area contributed by atoms with Crippen LogP contribution >= 0.6 is 0 Å². The molecule has 9 nitrogen and oxygen atoms in total. The Labute approximate surface area is 163 Å². The summed E-state index contributed by atoms with van der Waals surface area (Å²) in [6, 6.07) is 3.97. The van der Waals surface area contributed by atoms with Crippen molar-refractivity contribution in [2.75, 3.05) is 38.7 Å². The Morgan fingerprint density at radius 3 is 2.82 bits per heavy atom. The zero-order valence-corrected chi connectivity index (χ0v) is 16.5. The van der Waals surface area contributed by atoms with Gasteiger partial charge in [0.25, 0.3) is 0 Å². The quantitative estimate of drug-likeness (QED) is 0.673. The molecule has 0 atom stereocenters. The first kappa shape index (κ1) is 17.6. The van der Waals surface area contributed by atoms with Gasteiger partial charge < -0.3 is 14.2 Å². The Kier molecular flexibility index (Phi) is 4.48. The zero-order valence-electron chi connectivity index (χ0n) is 16.5. The minimum Gasteiger partial charge on any atom is -0.372 e. The molecule has 2 aliphatic rings. The van der Waals surface area contributed by atoms with E-state index < -0.39 is 0 Å². The van der Waals surface area contributed by atoms with E-state index in [9.17, 15) is 0 Å². The average Bonchev–Trinajstić information content (AvgIpc) is 3.33. The normalized spacial score (nSPS) is 18.5. The van der Waals surface area contributed by atoms with Gasteiger partial charge in [0.05, 0.1) is 12.3 Å². The van der Waals surface area contributed by atoms with Gasteiger partial charge in [-0.25, -0.2) is 4.98 Å². The molecule has 0 radical (unpaired) electrons. The molecule has 0 saturated carbocycles. The molecular weight excluding hydrogens is 356 g/mol. The fourth-order valence-corrected chi connectivity index (χ4v) is 4.15. The molecule has 0 N–H and O–H groups in total. The monoisotopic (exact) mass is 382 g/mol. The van der Waals surface area contributed by atoms with E-state index in [2.05, 4.69) is 24.6 Å². The van der Waals surface area contributed by atoms with E-state index in [0.29, 0.717) is 12.5 Å². The highest BCUT2D eigenvalue weighted by atomic mass is 16.5. The van der Waals surface area contributed by atoms with Crippen molar-refractivity contribution < 1.29 is 4.74 Å². The van der Waals surface area contributed by atoms with Crippen LogP contribution in [0, 0.1) is 0 Å². The Balaban J connectivity index is 1.28. The van der Waals surface area contributed by atoms with Crippen LogP contribution in [0.1, 0.15) is 36.1 Å². The highest BCUT2D eigenvalue weighted by molar-refractivity contribution is 5.45. The molecule has 0 aliphatic carbocycles. The maximum absolute atomic E-state index is 5.49. The number of ether oxygens (including phenoxy) is 1. The number of nitrogens with zero attached hydrogens (tertiary/aromatic N) is 8. The van der Waals surface area contributed by atoms with Crippen molar-refractivity contribution in [3.8, 4) is 0 Å². The van der Waals surface area contributed by atoms with Crippen molar-refractivity contribution >= 4 is 11.5 Å². The maximum Gasteiger partial charge on any atom is 0.178 e. The Bertz CT molecular complexity index is 970. The summed E-state index contributed by atoms with van der Waals surface area (Å²) in [5, 5.41) is 13.5. The standard InChI is InChI=1S/C19H26N8O/c1-24(2)17-4-3-16-21-22-19(27(16)23-17)14-5-7-25(8-6-14)12-15-11-20-18-13-28-10-9-26(15)18/h3-4,11,14H,5-10,12-13H2,1-2H3. The molecule has 0 spiro atoms. The number of fused-ring (bicyclic) bond motifs is 2. The second-order valence-electron chi connectivity index (χ2n) is 7.83. The largest absolute Gasteiger partial charge is 0.372 e. The summed E-state index contributed by atoms with van der Waals surface area (Å²) < 4.78 is 9.73. The maximum atomic E-state index is 5.49. The van der Waals surface area contributed by atoms with E-state index in [1.165, 1.54) is 5.69 Å². The molecule has 3 aromatic heterocycles. The molecule has 0 aromatic carbocycles. The minimum atomic E-state index is 0.393. The first-order valence-electron chi connectivity index (χ1n) is 9.92. The fourth-order valence-electron chi connectivity index (χ4n) is 4.15. The van der Waals surface area contributed by atoms with Crippen LogP contribution in [0.5, 0.6) is 0 Å². The second kappa shape index (κ2) is 7.14. The zero-order chi connectivity index (χ0) is 19.1. The first-order chi connectivity index (χ1) is 13.7. The predicted molar refractivity (Wildman–Crippen MR) is 104 cm³/mol. The molecular formula is C19H26N8O. The second-order valence-corrected chi connectivity index (χ2v) is 7.83. The van der Waals surface area contributed by atoms with Crippen LogP contribution in [0.4, 0.5) is 5.82 Å². The lowest BCUT2D eigenvalue weighted by atomic mass is 9.96. The molecule has 9 heteroatoms.